The second kappa shape index (κ2) is 11.6. The van der Waals surface area contributed by atoms with E-state index in [2.05, 4.69) is 26.6 Å². The lowest BCUT2D eigenvalue weighted by Gasteiger charge is -2.32. The van der Waals surface area contributed by atoms with E-state index in [1.54, 1.807) is 25.4 Å². The molecule has 0 spiro atoms. The molecular weight excluding hydrogens is 458 g/mol. The first-order valence-electron chi connectivity index (χ1n) is 12.1. The first-order chi connectivity index (χ1) is 17.4. The summed E-state index contributed by atoms with van der Waals surface area (Å²) in [4.78, 5) is 30.8. The molecule has 1 fully saturated rings. The zero-order valence-corrected chi connectivity index (χ0v) is 20.5. The molecule has 1 amide bonds. The van der Waals surface area contributed by atoms with E-state index in [1.165, 1.54) is 6.07 Å². The van der Waals surface area contributed by atoms with E-state index in [4.69, 9.17) is 4.74 Å². The molecule has 3 aromatic rings. The topological polar surface area (TPSA) is 110 Å². The first kappa shape index (κ1) is 25.1. The van der Waals surface area contributed by atoms with Crippen molar-refractivity contribution in [2.45, 2.75) is 38.4 Å². The Hall–Kier alpha value is -3.98. The molecule has 1 aliphatic rings. The van der Waals surface area contributed by atoms with Crippen molar-refractivity contribution >= 4 is 17.3 Å². The molecule has 0 saturated carbocycles. The van der Waals surface area contributed by atoms with Crippen LogP contribution in [0.5, 0.6) is 5.75 Å². The largest absolute Gasteiger partial charge is 0.496 e. The van der Waals surface area contributed by atoms with E-state index in [-0.39, 0.29) is 29.2 Å². The number of methoxy groups -OCH3 is 1. The molecule has 2 N–H and O–H groups in total. The highest BCUT2D eigenvalue weighted by Crippen LogP contribution is 2.29. The van der Waals surface area contributed by atoms with Crippen LogP contribution in [0.3, 0.4) is 0 Å². The fraction of sp³-hybridized carbons (Fsp3) is 0.333. The van der Waals surface area contributed by atoms with Gasteiger partial charge in [0.2, 0.25) is 0 Å². The smallest absolute Gasteiger partial charge is 0.293 e. The number of piperidine rings is 1. The third-order valence-corrected chi connectivity index (χ3v) is 6.47. The van der Waals surface area contributed by atoms with Crippen LogP contribution in [0.2, 0.25) is 0 Å². The molecule has 0 aliphatic carbocycles. The number of pyridine rings is 1. The van der Waals surface area contributed by atoms with Crippen LogP contribution in [-0.4, -0.2) is 47.0 Å². The number of anilines is 1. The molecule has 9 heteroatoms. The van der Waals surface area contributed by atoms with Gasteiger partial charge in [-0.05, 0) is 50.1 Å². The number of carbonyl (C=O) groups is 1. The Bertz CT molecular complexity index is 1200. The summed E-state index contributed by atoms with van der Waals surface area (Å²) in [7, 11) is 1.68. The second-order valence-electron chi connectivity index (χ2n) is 8.95. The molecule has 0 radical (unpaired) electrons. The zero-order chi connectivity index (χ0) is 25.5. The Labute approximate surface area is 210 Å². The van der Waals surface area contributed by atoms with Gasteiger partial charge in [0.15, 0.2) is 0 Å². The fourth-order valence-electron chi connectivity index (χ4n) is 4.46. The average Bonchev–Trinajstić information content (AvgIpc) is 2.90. The van der Waals surface area contributed by atoms with Crippen LogP contribution in [0.1, 0.15) is 47.4 Å². The number of amides is 1. The third kappa shape index (κ3) is 6.17. The summed E-state index contributed by atoms with van der Waals surface area (Å²) in [6.07, 6.45) is 3.30. The van der Waals surface area contributed by atoms with Crippen molar-refractivity contribution in [1.82, 2.24) is 15.2 Å². The molecule has 2 aromatic carbocycles. The highest BCUT2D eigenvalue weighted by atomic mass is 16.6. The van der Waals surface area contributed by atoms with E-state index >= 15 is 0 Å². The lowest BCUT2D eigenvalue weighted by molar-refractivity contribution is -0.384. The second-order valence-corrected chi connectivity index (χ2v) is 8.95. The standard InChI is InChI=1S/C27H31N5O4/c1-19(23-8-5-6-14-28-23)29-24-11-10-20(17-25(24)32(34)35)27(33)30-22-12-15-31(16-13-22)18-21-7-3-4-9-26(21)36-2/h3-11,14,17,19,22,29H,12-13,15-16,18H2,1-2H3,(H,30,33). The minimum Gasteiger partial charge on any atom is -0.496 e. The zero-order valence-electron chi connectivity index (χ0n) is 20.5. The number of nitro benzene ring substituents is 1. The van der Waals surface area contributed by atoms with Crippen molar-refractivity contribution in [3.05, 3.63) is 93.8 Å². The number of carbonyl (C=O) groups excluding carboxylic acids is 1. The summed E-state index contributed by atoms with van der Waals surface area (Å²) >= 11 is 0. The van der Waals surface area contributed by atoms with Gasteiger partial charge in [0.25, 0.3) is 11.6 Å². The number of rotatable bonds is 9. The fourth-order valence-corrected chi connectivity index (χ4v) is 4.46. The molecule has 4 rings (SSSR count). The highest BCUT2D eigenvalue weighted by Gasteiger charge is 2.24. The Morgan fingerprint density at radius 3 is 2.61 bits per heavy atom. The maximum Gasteiger partial charge on any atom is 0.293 e. The lowest BCUT2D eigenvalue weighted by Crippen LogP contribution is -2.44. The van der Waals surface area contributed by atoms with Crippen molar-refractivity contribution in [1.29, 1.82) is 0 Å². The predicted octanol–water partition coefficient (Wildman–Crippen LogP) is 4.57. The van der Waals surface area contributed by atoms with Crippen LogP contribution < -0.4 is 15.4 Å². The Kier molecular flexibility index (Phi) is 8.12. The Morgan fingerprint density at radius 1 is 1.17 bits per heavy atom. The summed E-state index contributed by atoms with van der Waals surface area (Å²) in [5, 5.41) is 17.9. The molecule has 36 heavy (non-hydrogen) atoms. The Morgan fingerprint density at radius 2 is 1.92 bits per heavy atom. The number of benzene rings is 2. The molecular formula is C27H31N5O4. The van der Waals surface area contributed by atoms with Gasteiger partial charge < -0.3 is 15.4 Å². The van der Waals surface area contributed by atoms with Crippen molar-refractivity contribution in [3.8, 4) is 5.75 Å². The van der Waals surface area contributed by atoms with Crippen LogP contribution in [0, 0.1) is 10.1 Å². The van der Waals surface area contributed by atoms with Gasteiger partial charge in [-0.3, -0.25) is 24.8 Å². The minimum absolute atomic E-state index is 0.0208. The van der Waals surface area contributed by atoms with Gasteiger partial charge >= 0.3 is 0 Å². The van der Waals surface area contributed by atoms with Crippen molar-refractivity contribution < 1.29 is 14.5 Å². The quantitative estimate of drug-likeness (QED) is 0.335. The van der Waals surface area contributed by atoms with Gasteiger partial charge in [-0.15, -0.1) is 0 Å². The Balaban J connectivity index is 1.35. The van der Waals surface area contributed by atoms with Crippen LogP contribution in [-0.2, 0) is 6.54 Å². The highest BCUT2D eigenvalue weighted by molar-refractivity contribution is 5.96. The third-order valence-electron chi connectivity index (χ3n) is 6.47. The van der Waals surface area contributed by atoms with Gasteiger partial charge in [0.05, 0.1) is 23.8 Å². The maximum absolute atomic E-state index is 12.9. The van der Waals surface area contributed by atoms with Crippen molar-refractivity contribution in [2.75, 3.05) is 25.5 Å². The summed E-state index contributed by atoms with van der Waals surface area (Å²) in [5.41, 5.74) is 2.39. The first-order valence-corrected chi connectivity index (χ1v) is 12.1. The number of para-hydroxylation sites is 1. The SMILES string of the molecule is COc1ccccc1CN1CCC(NC(=O)c2ccc(NC(C)c3ccccn3)c([N+](=O)[O-])c2)CC1. The summed E-state index contributed by atoms with van der Waals surface area (Å²) < 4.78 is 5.45. The number of nitrogens with one attached hydrogen (secondary N) is 2. The normalized spacial score (nSPS) is 15.2. The minimum atomic E-state index is -0.472. The molecule has 9 nitrogen and oxygen atoms in total. The van der Waals surface area contributed by atoms with E-state index in [0.717, 1.165) is 49.5 Å². The molecule has 1 aliphatic heterocycles. The summed E-state index contributed by atoms with van der Waals surface area (Å²) in [6, 6.07) is 17.8. The molecule has 0 bridgehead atoms. The monoisotopic (exact) mass is 489 g/mol. The number of nitro groups is 1. The molecule has 1 aromatic heterocycles. The van der Waals surface area contributed by atoms with E-state index in [9.17, 15) is 14.9 Å². The van der Waals surface area contributed by atoms with Gasteiger partial charge in [-0.25, -0.2) is 0 Å². The van der Waals surface area contributed by atoms with Gasteiger partial charge in [-0.2, -0.15) is 0 Å². The van der Waals surface area contributed by atoms with Crippen molar-refractivity contribution in [2.24, 2.45) is 0 Å². The summed E-state index contributed by atoms with van der Waals surface area (Å²) in [5.74, 6) is 0.576. The van der Waals surface area contributed by atoms with Crippen molar-refractivity contribution in [3.63, 3.8) is 0 Å². The summed E-state index contributed by atoms with van der Waals surface area (Å²) in [6.45, 7) is 4.37. The number of likely N-dealkylation sites (tertiary alicyclic amines) is 1. The van der Waals surface area contributed by atoms with Crippen LogP contribution in [0.25, 0.3) is 0 Å². The van der Waals surface area contributed by atoms with E-state index in [0.29, 0.717) is 5.69 Å². The number of hydrogen-bond acceptors (Lipinski definition) is 7. The average molecular weight is 490 g/mol. The maximum atomic E-state index is 12.9. The van der Waals surface area contributed by atoms with Gasteiger partial charge in [0, 0.05) is 49.1 Å². The van der Waals surface area contributed by atoms with Crippen LogP contribution in [0.15, 0.2) is 66.9 Å². The van der Waals surface area contributed by atoms with E-state index < -0.39 is 4.92 Å². The molecule has 2 heterocycles. The number of nitrogens with zero attached hydrogens (tertiary/aromatic N) is 3. The number of aromatic nitrogens is 1. The molecule has 1 unspecified atom stereocenters. The molecule has 1 atom stereocenters. The van der Waals surface area contributed by atoms with Crippen LogP contribution >= 0.6 is 0 Å². The van der Waals surface area contributed by atoms with Crippen LogP contribution in [0.4, 0.5) is 11.4 Å². The number of hydrogen-bond donors (Lipinski definition) is 2. The lowest BCUT2D eigenvalue weighted by atomic mass is 10.0. The molecule has 188 valence electrons. The van der Waals surface area contributed by atoms with E-state index in [1.807, 2.05) is 43.3 Å². The molecule has 1 saturated heterocycles. The van der Waals surface area contributed by atoms with Gasteiger partial charge in [0.1, 0.15) is 11.4 Å². The number of ether oxygens (including phenoxy) is 1. The predicted molar refractivity (Wildman–Crippen MR) is 138 cm³/mol. The van der Waals surface area contributed by atoms with Gasteiger partial charge in [-0.1, -0.05) is 24.3 Å².